The minimum absolute atomic E-state index is 0.103. The first-order chi connectivity index (χ1) is 11.0. The zero-order valence-electron chi connectivity index (χ0n) is 14.0. The molecule has 3 saturated heterocycles. The summed E-state index contributed by atoms with van der Waals surface area (Å²) in [6, 6.07) is -0.103. The fraction of sp³-hybridized carbons (Fsp3) is 0.875. The number of ether oxygens (including phenoxy) is 1. The lowest BCUT2D eigenvalue weighted by atomic mass is 10.00. The highest BCUT2D eigenvalue weighted by atomic mass is 32.2. The Bertz CT molecular complexity index is 446. The standard InChI is InChI=1S/C16H27N3O3S/c1-11-8-19(9-12(2)22-11)15(20)6-13-5-14(17-7-13)16(21)18-3-4-23-10-18/h11-14,17H,3-10H2,1-2H3. The predicted molar refractivity (Wildman–Crippen MR) is 90.1 cm³/mol. The highest BCUT2D eigenvalue weighted by molar-refractivity contribution is 7.99. The summed E-state index contributed by atoms with van der Waals surface area (Å²) in [5.74, 6) is 2.51. The molecule has 130 valence electrons. The molecule has 7 heteroatoms. The van der Waals surface area contributed by atoms with E-state index in [9.17, 15) is 9.59 Å². The lowest BCUT2D eigenvalue weighted by Crippen LogP contribution is -2.48. The Morgan fingerprint density at radius 2 is 1.96 bits per heavy atom. The van der Waals surface area contributed by atoms with E-state index in [1.165, 1.54) is 0 Å². The molecular formula is C16H27N3O3S. The molecule has 3 fully saturated rings. The van der Waals surface area contributed by atoms with Crippen molar-refractivity contribution in [3.05, 3.63) is 0 Å². The molecule has 0 aromatic heterocycles. The Morgan fingerprint density at radius 1 is 1.22 bits per heavy atom. The Hall–Kier alpha value is -0.790. The van der Waals surface area contributed by atoms with Crippen molar-refractivity contribution in [1.82, 2.24) is 15.1 Å². The molecule has 6 nitrogen and oxygen atoms in total. The minimum Gasteiger partial charge on any atom is -0.372 e. The van der Waals surface area contributed by atoms with E-state index >= 15 is 0 Å². The van der Waals surface area contributed by atoms with Gasteiger partial charge in [0.25, 0.3) is 0 Å². The van der Waals surface area contributed by atoms with E-state index in [1.807, 2.05) is 23.6 Å². The van der Waals surface area contributed by atoms with Crippen LogP contribution in [0.1, 0.15) is 26.7 Å². The largest absolute Gasteiger partial charge is 0.372 e. The van der Waals surface area contributed by atoms with Crippen LogP contribution >= 0.6 is 11.8 Å². The second-order valence-electron chi connectivity index (χ2n) is 6.96. The highest BCUT2D eigenvalue weighted by Gasteiger charge is 2.35. The van der Waals surface area contributed by atoms with Gasteiger partial charge in [-0.05, 0) is 32.7 Å². The molecule has 1 N–H and O–H groups in total. The third-order valence-corrected chi connectivity index (χ3v) is 5.79. The number of carbonyl (C=O) groups excluding carboxylic acids is 2. The van der Waals surface area contributed by atoms with Gasteiger partial charge >= 0.3 is 0 Å². The molecule has 0 radical (unpaired) electrons. The quantitative estimate of drug-likeness (QED) is 0.811. The SMILES string of the molecule is CC1CN(C(=O)CC2CNC(C(=O)N3CCSC3)C2)CC(C)O1. The number of amides is 2. The molecule has 0 saturated carbocycles. The maximum absolute atomic E-state index is 12.5. The summed E-state index contributed by atoms with van der Waals surface area (Å²) in [6.07, 6.45) is 1.52. The molecule has 3 rings (SSSR count). The number of thioether (sulfide) groups is 1. The zero-order valence-corrected chi connectivity index (χ0v) is 14.8. The minimum atomic E-state index is -0.103. The van der Waals surface area contributed by atoms with Crippen LogP contribution in [-0.4, -0.2) is 77.7 Å². The van der Waals surface area contributed by atoms with Crippen LogP contribution in [0.4, 0.5) is 0 Å². The molecule has 23 heavy (non-hydrogen) atoms. The fourth-order valence-corrected chi connectivity index (χ4v) is 4.67. The molecule has 2 amide bonds. The number of nitrogens with zero attached hydrogens (tertiary/aromatic N) is 2. The Morgan fingerprint density at radius 3 is 2.61 bits per heavy atom. The first kappa shape index (κ1) is 17.0. The summed E-state index contributed by atoms with van der Waals surface area (Å²) >= 11 is 1.80. The molecule has 3 aliphatic rings. The first-order valence-electron chi connectivity index (χ1n) is 8.56. The van der Waals surface area contributed by atoms with Gasteiger partial charge in [0, 0.05) is 31.8 Å². The van der Waals surface area contributed by atoms with Crippen molar-refractivity contribution in [2.45, 2.75) is 44.9 Å². The highest BCUT2D eigenvalue weighted by Crippen LogP contribution is 2.23. The maximum atomic E-state index is 12.5. The molecule has 4 unspecified atom stereocenters. The van der Waals surface area contributed by atoms with Crippen LogP contribution in [0.15, 0.2) is 0 Å². The number of rotatable bonds is 3. The number of hydrogen-bond acceptors (Lipinski definition) is 5. The van der Waals surface area contributed by atoms with Gasteiger partial charge in [-0.2, -0.15) is 0 Å². The van der Waals surface area contributed by atoms with Crippen LogP contribution in [0.25, 0.3) is 0 Å². The molecule has 3 heterocycles. The van der Waals surface area contributed by atoms with Gasteiger partial charge < -0.3 is 19.9 Å². The monoisotopic (exact) mass is 341 g/mol. The van der Waals surface area contributed by atoms with Gasteiger partial charge in [-0.1, -0.05) is 0 Å². The molecule has 3 aliphatic heterocycles. The third kappa shape index (κ3) is 4.19. The lowest BCUT2D eigenvalue weighted by Gasteiger charge is -2.35. The van der Waals surface area contributed by atoms with Crippen LogP contribution in [0, 0.1) is 5.92 Å². The molecular weight excluding hydrogens is 314 g/mol. The molecule has 0 bridgehead atoms. The van der Waals surface area contributed by atoms with Crippen molar-refractivity contribution in [2.24, 2.45) is 5.92 Å². The zero-order chi connectivity index (χ0) is 16.4. The van der Waals surface area contributed by atoms with Gasteiger partial charge in [-0.25, -0.2) is 0 Å². The van der Waals surface area contributed by atoms with Gasteiger partial charge in [0.1, 0.15) is 0 Å². The van der Waals surface area contributed by atoms with Crippen molar-refractivity contribution in [3.8, 4) is 0 Å². The predicted octanol–water partition coefficient (Wildman–Crippen LogP) is 0.523. The van der Waals surface area contributed by atoms with Crippen LogP contribution in [0.3, 0.4) is 0 Å². The van der Waals surface area contributed by atoms with Crippen LogP contribution in [-0.2, 0) is 14.3 Å². The molecule has 0 aliphatic carbocycles. The van der Waals surface area contributed by atoms with E-state index in [0.29, 0.717) is 19.5 Å². The Labute approximate surface area is 142 Å². The van der Waals surface area contributed by atoms with Crippen molar-refractivity contribution in [2.75, 3.05) is 37.8 Å². The van der Waals surface area contributed by atoms with E-state index in [1.54, 1.807) is 11.8 Å². The number of carbonyl (C=O) groups is 2. The number of morpholine rings is 1. The van der Waals surface area contributed by atoms with Crippen molar-refractivity contribution in [1.29, 1.82) is 0 Å². The first-order valence-corrected chi connectivity index (χ1v) is 9.71. The van der Waals surface area contributed by atoms with Crippen molar-refractivity contribution in [3.63, 3.8) is 0 Å². The summed E-state index contributed by atoms with van der Waals surface area (Å²) in [5.41, 5.74) is 0. The van der Waals surface area contributed by atoms with Crippen molar-refractivity contribution < 1.29 is 14.3 Å². The summed E-state index contributed by atoms with van der Waals surface area (Å²) in [5, 5.41) is 3.31. The average Bonchev–Trinajstić information content (AvgIpc) is 3.17. The second-order valence-corrected chi connectivity index (χ2v) is 8.04. The topological polar surface area (TPSA) is 61.9 Å². The van der Waals surface area contributed by atoms with Gasteiger partial charge in [0.2, 0.25) is 11.8 Å². The van der Waals surface area contributed by atoms with Gasteiger partial charge in [-0.15, -0.1) is 11.8 Å². The van der Waals surface area contributed by atoms with E-state index in [2.05, 4.69) is 5.32 Å². The van der Waals surface area contributed by atoms with E-state index < -0.39 is 0 Å². The Kier molecular flexibility index (Phi) is 5.49. The maximum Gasteiger partial charge on any atom is 0.240 e. The number of nitrogens with one attached hydrogen (secondary N) is 1. The third-order valence-electron chi connectivity index (χ3n) is 4.82. The van der Waals surface area contributed by atoms with Crippen LogP contribution in [0.2, 0.25) is 0 Å². The smallest absolute Gasteiger partial charge is 0.240 e. The van der Waals surface area contributed by atoms with Crippen LogP contribution in [0.5, 0.6) is 0 Å². The van der Waals surface area contributed by atoms with E-state index in [0.717, 1.165) is 31.1 Å². The van der Waals surface area contributed by atoms with E-state index in [4.69, 9.17) is 4.74 Å². The van der Waals surface area contributed by atoms with Gasteiger partial charge in [-0.3, -0.25) is 9.59 Å². The average molecular weight is 341 g/mol. The van der Waals surface area contributed by atoms with Crippen LogP contribution < -0.4 is 5.32 Å². The van der Waals surface area contributed by atoms with E-state index in [-0.39, 0.29) is 36.0 Å². The second kappa shape index (κ2) is 7.40. The summed E-state index contributed by atoms with van der Waals surface area (Å²) in [4.78, 5) is 28.8. The summed E-state index contributed by atoms with van der Waals surface area (Å²) in [7, 11) is 0. The van der Waals surface area contributed by atoms with Gasteiger partial charge in [0.05, 0.1) is 24.1 Å². The van der Waals surface area contributed by atoms with Gasteiger partial charge in [0.15, 0.2) is 0 Å². The molecule has 0 aromatic carbocycles. The number of hydrogen-bond donors (Lipinski definition) is 1. The Balaban J connectivity index is 1.47. The molecule has 0 aromatic rings. The summed E-state index contributed by atoms with van der Waals surface area (Å²) < 4.78 is 5.68. The molecule has 4 atom stereocenters. The normalized spacial score (nSPS) is 34.9. The fourth-order valence-electron chi connectivity index (χ4n) is 3.72. The molecule has 0 spiro atoms. The lowest BCUT2D eigenvalue weighted by molar-refractivity contribution is -0.144. The summed E-state index contributed by atoms with van der Waals surface area (Å²) in [6.45, 7) is 6.99. The van der Waals surface area contributed by atoms with Crippen molar-refractivity contribution >= 4 is 23.6 Å².